The zero-order chi connectivity index (χ0) is 18.0. The molecule has 0 spiro atoms. The highest BCUT2D eigenvalue weighted by Crippen LogP contribution is 2.75. The first kappa shape index (κ1) is 17.4. The molecule has 1 unspecified atom stereocenters. The molecule has 1 atom stereocenters. The molecule has 0 N–H and O–H groups in total. The van der Waals surface area contributed by atoms with Crippen molar-refractivity contribution >= 4 is 5.91 Å². The van der Waals surface area contributed by atoms with Gasteiger partial charge >= 0.3 is 0 Å². The van der Waals surface area contributed by atoms with Gasteiger partial charge in [0.15, 0.2) is 0 Å². The number of hydrogen-bond acceptors (Lipinski definition) is 3. The lowest BCUT2D eigenvalue weighted by Gasteiger charge is -2.70. The SMILES string of the molecule is N#CCCCCCC12CC(C(=O)N3CCC(Oc4ccccc4)C3)(C1)C2. The number of carbonyl (C=O) groups excluding carboxylic acids is 1. The first-order valence-corrected chi connectivity index (χ1v) is 10.0. The van der Waals surface area contributed by atoms with Gasteiger partial charge in [0, 0.05) is 19.4 Å². The van der Waals surface area contributed by atoms with Crippen LogP contribution < -0.4 is 4.74 Å². The Labute approximate surface area is 156 Å². The van der Waals surface area contributed by atoms with Crippen LogP contribution in [0.1, 0.15) is 57.8 Å². The smallest absolute Gasteiger partial charge is 0.228 e. The van der Waals surface area contributed by atoms with Crippen molar-refractivity contribution in [1.29, 1.82) is 5.26 Å². The van der Waals surface area contributed by atoms with E-state index in [1.807, 2.05) is 35.2 Å². The second-order valence-electron chi connectivity index (χ2n) is 8.62. The summed E-state index contributed by atoms with van der Waals surface area (Å²) in [7, 11) is 0. The van der Waals surface area contributed by atoms with Crippen molar-refractivity contribution in [2.24, 2.45) is 10.8 Å². The molecule has 4 nitrogen and oxygen atoms in total. The summed E-state index contributed by atoms with van der Waals surface area (Å²) in [4.78, 5) is 15.0. The van der Waals surface area contributed by atoms with Gasteiger partial charge in [0.2, 0.25) is 5.91 Å². The fraction of sp³-hybridized carbons (Fsp3) is 0.636. The van der Waals surface area contributed by atoms with Crippen LogP contribution >= 0.6 is 0 Å². The lowest BCUT2D eigenvalue weighted by molar-refractivity contribution is -0.218. The maximum atomic E-state index is 13.0. The molecule has 2 bridgehead atoms. The summed E-state index contributed by atoms with van der Waals surface area (Å²) < 4.78 is 6.02. The number of nitrogens with zero attached hydrogens (tertiary/aromatic N) is 2. The van der Waals surface area contributed by atoms with E-state index in [9.17, 15) is 4.79 Å². The number of likely N-dealkylation sites (tertiary alicyclic amines) is 1. The summed E-state index contributed by atoms with van der Waals surface area (Å²) in [6.07, 6.45) is 9.65. The number of para-hydroxylation sites is 1. The van der Waals surface area contributed by atoms with E-state index in [4.69, 9.17) is 10.00 Å². The molecule has 138 valence electrons. The van der Waals surface area contributed by atoms with Crippen molar-refractivity contribution in [3.8, 4) is 11.8 Å². The third kappa shape index (κ3) is 3.20. The van der Waals surface area contributed by atoms with Gasteiger partial charge in [0.05, 0.1) is 18.0 Å². The van der Waals surface area contributed by atoms with Crippen molar-refractivity contribution in [2.45, 2.75) is 63.9 Å². The topological polar surface area (TPSA) is 53.3 Å². The fourth-order valence-corrected chi connectivity index (χ4v) is 5.41. The van der Waals surface area contributed by atoms with Crippen LogP contribution in [0, 0.1) is 22.2 Å². The second-order valence-corrected chi connectivity index (χ2v) is 8.62. The van der Waals surface area contributed by atoms with Gasteiger partial charge in [-0.25, -0.2) is 0 Å². The van der Waals surface area contributed by atoms with Gasteiger partial charge in [-0.2, -0.15) is 5.26 Å². The minimum Gasteiger partial charge on any atom is -0.489 e. The van der Waals surface area contributed by atoms with Gasteiger partial charge < -0.3 is 9.64 Å². The van der Waals surface area contributed by atoms with E-state index in [0.717, 1.165) is 57.4 Å². The summed E-state index contributed by atoms with van der Waals surface area (Å²) in [6, 6.07) is 12.1. The Bertz CT molecular complexity index is 674. The number of rotatable bonds is 8. The molecule has 3 aliphatic carbocycles. The van der Waals surface area contributed by atoms with E-state index in [0.29, 0.717) is 17.7 Å². The third-order valence-corrected chi connectivity index (χ3v) is 6.57. The average molecular weight is 352 g/mol. The minimum atomic E-state index is -0.0334. The van der Waals surface area contributed by atoms with Crippen molar-refractivity contribution in [3.63, 3.8) is 0 Å². The molecule has 1 aliphatic heterocycles. The first-order chi connectivity index (χ1) is 12.6. The van der Waals surface area contributed by atoms with Crippen molar-refractivity contribution < 1.29 is 9.53 Å². The molecule has 1 amide bonds. The van der Waals surface area contributed by atoms with E-state index in [2.05, 4.69) is 6.07 Å². The molecule has 4 fully saturated rings. The number of ether oxygens (including phenoxy) is 1. The van der Waals surface area contributed by atoms with Crippen LogP contribution in [0.5, 0.6) is 5.75 Å². The maximum Gasteiger partial charge on any atom is 0.228 e. The molecule has 1 saturated heterocycles. The number of amides is 1. The highest BCUT2D eigenvalue weighted by molar-refractivity contribution is 5.86. The molecule has 26 heavy (non-hydrogen) atoms. The van der Waals surface area contributed by atoms with Crippen LogP contribution in [0.3, 0.4) is 0 Å². The summed E-state index contributed by atoms with van der Waals surface area (Å²) in [6.45, 7) is 1.57. The van der Waals surface area contributed by atoms with Crippen LogP contribution in [0.25, 0.3) is 0 Å². The molecule has 1 aromatic rings. The highest BCUT2D eigenvalue weighted by Gasteiger charge is 2.71. The number of carbonyl (C=O) groups is 1. The van der Waals surface area contributed by atoms with E-state index < -0.39 is 0 Å². The Morgan fingerprint density at radius 3 is 2.69 bits per heavy atom. The minimum absolute atomic E-state index is 0.0334. The van der Waals surface area contributed by atoms with Crippen LogP contribution in [-0.4, -0.2) is 30.0 Å². The number of hydrogen-bond donors (Lipinski definition) is 0. The van der Waals surface area contributed by atoms with Gasteiger partial charge in [-0.05, 0) is 49.7 Å². The lowest BCUT2D eigenvalue weighted by atomic mass is 9.33. The quantitative estimate of drug-likeness (QED) is 0.655. The van der Waals surface area contributed by atoms with Gasteiger partial charge in [0.1, 0.15) is 11.9 Å². The Morgan fingerprint density at radius 2 is 1.96 bits per heavy atom. The summed E-state index contributed by atoms with van der Waals surface area (Å²) in [5, 5.41) is 8.59. The highest BCUT2D eigenvalue weighted by atomic mass is 16.5. The number of unbranched alkanes of at least 4 members (excludes halogenated alkanes) is 3. The molecular weight excluding hydrogens is 324 g/mol. The summed E-state index contributed by atoms with van der Waals surface area (Å²) in [5.41, 5.74) is 0.427. The van der Waals surface area contributed by atoms with Crippen molar-refractivity contribution in [3.05, 3.63) is 30.3 Å². The lowest BCUT2D eigenvalue weighted by Crippen LogP contribution is -2.67. The third-order valence-electron chi connectivity index (χ3n) is 6.57. The van der Waals surface area contributed by atoms with Crippen molar-refractivity contribution in [2.75, 3.05) is 13.1 Å². The zero-order valence-corrected chi connectivity index (χ0v) is 15.5. The predicted molar refractivity (Wildman–Crippen MR) is 99.5 cm³/mol. The fourth-order valence-electron chi connectivity index (χ4n) is 5.41. The molecule has 3 saturated carbocycles. The van der Waals surface area contributed by atoms with E-state index in [1.165, 1.54) is 12.8 Å². The number of nitriles is 1. The van der Waals surface area contributed by atoms with E-state index >= 15 is 0 Å². The molecule has 1 aromatic carbocycles. The molecule has 0 aromatic heterocycles. The first-order valence-electron chi connectivity index (χ1n) is 10.0. The normalized spacial score (nSPS) is 31.7. The second kappa shape index (κ2) is 6.95. The molecule has 5 rings (SSSR count). The van der Waals surface area contributed by atoms with Gasteiger partial charge in [0.25, 0.3) is 0 Å². The van der Waals surface area contributed by atoms with Crippen LogP contribution in [0.2, 0.25) is 0 Å². The monoisotopic (exact) mass is 352 g/mol. The Hall–Kier alpha value is -2.02. The van der Waals surface area contributed by atoms with E-state index in [1.54, 1.807) is 0 Å². The zero-order valence-electron chi connectivity index (χ0n) is 15.5. The van der Waals surface area contributed by atoms with Crippen LogP contribution in [0.4, 0.5) is 0 Å². The Balaban J connectivity index is 1.21. The Kier molecular flexibility index (Phi) is 4.65. The molecule has 0 radical (unpaired) electrons. The predicted octanol–water partition coefficient (Wildman–Crippen LogP) is 4.31. The van der Waals surface area contributed by atoms with Crippen molar-refractivity contribution in [1.82, 2.24) is 4.90 Å². The largest absolute Gasteiger partial charge is 0.489 e. The average Bonchev–Trinajstić information content (AvgIpc) is 3.04. The van der Waals surface area contributed by atoms with E-state index in [-0.39, 0.29) is 11.5 Å². The Morgan fingerprint density at radius 1 is 1.19 bits per heavy atom. The number of benzene rings is 1. The summed E-state index contributed by atoms with van der Waals surface area (Å²) >= 11 is 0. The van der Waals surface area contributed by atoms with Gasteiger partial charge in [-0.1, -0.05) is 31.0 Å². The molecule has 4 heteroatoms. The van der Waals surface area contributed by atoms with Crippen LogP contribution in [-0.2, 0) is 4.79 Å². The van der Waals surface area contributed by atoms with Crippen LogP contribution in [0.15, 0.2) is 30.3 Å². The van der Waals surface area contributed by atoms with Gasteiger partial charge in [-0.15, -0.1) is 0 Å². The molecular formula is C22H28N2O2. The molecule has 1 heterocycles. The summed E-state index contributed by atoms with van der Waals surface area (Å²) in [5.74, 6) is 1.27. The molecule has 4 aliphatic rings. The standard InChI is InChI=1S/C22H28N2O2/c23-12-7-2-1-6-11-21-15-22(16-21,17-21)20(25)24-13-10-19(14-24)26-18-8-4-3-5-9-18/h3-5,8-9,19H,1-2,6-7,10-11,13-17H2. The van der Waals surface area contributed by atoms with Gasteiger partial charge in [-0.3, -0.25) is 4.79 Å². The maximum absolute atomic E-state index is 13.0.